The van der Waals surface area contributed by atoms with Crippen molar-refractivity contribution in [3.63, 3.8) is 0 Å². The van der Waals surface area contributed by atoms with Gasteiger partial charge in [-0.25, -0.2) is 0 Å². The zero-order valence-electron chi connectivity index (χ0n) is 12.5. The van der Waals surface area contributed by atoms with Crippen LogP contribution in [-0.4, -0.2) is 10.5 Å². The molecule has 0 aliphatic heterocycles. The van der Waals surface area contributed by atoms with Crippen molar-refractivity contribution in [2.75, 3.05) is 0 Å². The van der Waals surface area contributed by atoms with Gasteiger partial charge in [0.1, 0.15) is 5.69 Å². The molecule has 3 rings (SSSR count). The molecule has 2 aromatic heterocycles. The molecule has 1 N–H and O–H groups in total. The molecule has 0 saturated carbocycles. The monoisotopic (exact) mass is 332 g/mol. The fourth-order valence-electron chi connectivity index (χ4n) is 2.64. The minimum atomic E-state index is -0.0577. The molecule has 2 heterocycles. The lowest BCUT2D eigenvalue weighted by molar-refractivity contribution is 0.0931. The van der Waals surface area contributed by atoms with Gasteiger partial charge in [0.15, 0.2) is 0 Å². The van der Waals surface area contributed by atoms with E-state index in [0.29, 0.717) is 5.69 Å². The number of fused-ring (bicyclic) bond motifs is 1. The number of hydrogen-bond acceptors (Lipinski definition) is 2. The molecule has 0 spiro atoms. The number of carbonyl (C=O) groups is 1. The van der Waals surface area contributed by atoms with Gasteiger partial charge in [-0.2, -0.15) is 0 Å². The molecule has 0 saturated heterocycles. The number of nitrogens with one attached hydrogen (secondary N) is 1. The zero-order chi connectivity index (χ0) is 15.7. The maximum atomic E-state index is 12.6. The fourth-order valence-corrected chi connectivity index (χ4v) is 3.81. The van der Waals surface area contributed by atoms with E-state index in [-0.39, 0.29) is 11.9 Å². The van der Waals surface area contributed by atoms with Gasteiger partial charge < -0.3 is 9.88 Å². The SMILES string of the molecule is CCn1c(C(=O)N[C@@H](C)c2ccccc2)cc2sc(Cl)cc21. The maximum Gasteiger partial charge on any atom is 0.268 e. The first-order valence-corrected chi connectivity index (χ1v) is 8.44. The Labute approximate surface area is 138 Å². The van der Waals surface area contributed by atoms with Crippen LogP contribution in [-0.2, 0) is 6.54 Å². The van der Waals surface area contributed by atoms with Gasteiger partial charge in [0, 0.05) is 6.54 Å². The lowest BCUT2D eigenvalue weighted by Crippen LogP contribution is -2.28. The van der Waals surface area contributed by atoms with Crippen molar-refractivity contribution >= 4 is 39.1 Å². The summed E-state index contributed by atoms with van der Waals surface area (Å²) in [5.74, 6) is -0.0577. The number of halogens is 1. The van der Waals surface area contributed by atoms with Crippen LogP contribution >= 0.6 is 22.9 Å². The molecule has 5 heteroatoms. The number of hydrogen-bond donors (Lipinski definition) is 1. The summed E-state index contributed by atoms with van der Waals surface area (Å²) in [6.45, 7) is 4.76. The van der Waals surface area contributed by atoms with E-state index < -0.39 is 0 Å². The van der Waals surface area contributed by atoms with E-state index in [1.54, 1.807) is 0 Å². The number of nitrogens with zero attached hydrogens (tertiary/aromatic N) is 1. The van der Waals surface area contributed by atoms with Crippen LogP contribution in [0.5, 0.6) is 0 Å². The molecule has 1 atom stereocenters. The highest BCUT2D eigenvalue weighted by Gasteiger charge is 2.18. The largest absolute Gasteiger partial charge is 0.344 e. The fraction of sp³-hybridized carbons (Fsp3) is 0.235. The molecular formula is C17H17ClN2OS. The van der Waals surface area contributed by atoms with Gasteiger partial charge in [-0.05, 0) is 31.5 Å². The standard InChI is InChI=1S/C17H17ClN2OS/c1-3-20-13-10-16(18)22-15(13)9-14(20)17(21)19-11(2)12-7-5-4-6-8-12/h4-11H,3H2,1-2H3,(H,19,21)/t11-/m0/s1. The van der Waals surface area contributed by atoms with Crippen LogP contribution < -0.4 is 5.32 Å². The van der Waals surface area contributed by atoms with E-state index in [2.05, 4.69) is 5.32 Å². The number of aromatic nitrogens is 1. The zero-order valence-corrected chi connectivity index (χ0v) is 14.0. The van der Waals surface area contributed by atoms with Crippen LogP contribution in [0.1, 0.15) is 35.9 Å². The number of thiophene rings is 1. The van der Waals surface area contributed by atoms with Crippen LogP contribution in [0.25, 0.3) is 10.2 Å². The Kier molecular flexibility index (Phi) is 4.23. The first-order chi connectivity index (χ1) is 10.6. The second-order valence-corrected chi connectivity index (χ2v) is 6.89. The summed E-state index contributed by atoms with van der Waals surface area (Å²) < 4.78 is 3.80. The Morgan fingerprint density at radius 3 is 2.73 bits per heavy atom. The summed E-state index contributed by atoms with van der Waals surface area (Å²) in [6.07, 6.45) is 0. The smallest absolute Gasteiger partial charge is 0.268 e. The highest BCUT2D eigenvalue weighted by atomic mass is 35.5. The van der Waals surface area contributed by atoms with Gasteiger partial charge >= 0.3 is 0 Å². The lowest BCUT2D eigenvalue weighted by atomic mass is 10.1. The van der Waals surface area contributed by atoms with Gasteiger partial charge in [-0.3, -0.25) is 4.79 Å². The Bertz CT molecular complexity index is 807. The molecule has 0 aliphatic carbocycles. The Morgan fingerprint density at radius 2 is 2.05 bits per heavy atom. The molecular weight excluding hydrogens is 316 g/mol. The molecule has 3 nitrogen and oxygen atoms in total. The van der Waals surface area contributed by atoms with Gasteiger partial charge in [-0.15, -0.1) is 11.3 Å². The van der Waals surface area contributed by atoms with E-state index in [9.17, 15) is 4.79 Å². The van der Waals surface area contributed by atoms with Crippen molar-refractivity contribution in [2.45, 2.75) is 26.4 Å². The third-order valence-electron chi connectivity index (χ3n) is 3.76. The van der Waals surface area contributed by atoms with Crippen molar-refractivity contribution < 1.29 is 4.79 Å². The van der Waals surface area contributed by atoms with Crippen LogP contribution in [0.3, 0.4) is 0 Å². The predicted octanol–water partition coefficient (Wildman–Crippen LogP) is 4.87. The molecule has 0 fully saturated rings. The third-order valence-corrected chi connectivity index (χ3v) is 4.96. The Balaban J connectivity index is 1.87. The average Bonchev–Trinajstić information content (AvgIpc) is 3.03. The normalized spacial score (nSPS) is 12.5. The van der Waals surface area contributed by atoms with E-state index >= 15 is 0 Å². The topological polar surface area (TPSA) is 34.0 Å². The summed E-state index contributed by atoms with van der Waals surface area (Å²) in [7, 11) is 0. The molecule has 114 valence electrons. The summed E-state index contributed by atoms with van der Waals surface area (Å²) in [5.41, 5.74) is 2.80. The van der Waals surface area contributed by atoms with E-state index in [1.165, 1.54) is 11.3 Å². The minimum absolute atomic E-state index is 0.0319. The van der Waals surface area contributed by atoms with Gasteiger partial charge in [0.25, 0.3) is 5.91 Å². The molecule has 0 radical (unpaired) electrons. The molecule has 0 bridgehead atoms. The highest BCUT2D eigenvalue weighted by Crippen LogP contribution is 2.32. The number of amides is 1. The van der Waals surface area contributed by atoms with E-state index in [0.717, 1.165) is 26.7 Å². The first kappa shape index (κ1) is 15.1. The number of aryl methyl sites for hydroxylation is 1. The number of benzene rings is 1. The van der Waals surface area contributed by atoms with E-state index in [4.69, 9.17) is 11.6 Å². The second kappa shape index (κ2) is 6.15. The van der Waals surface area contributed by atoms with Crippen molar-refractivity contribution in [1.29, 1.82) is 0 Å². The van der Waals surface area contributed by atoms with Crippen molar-refractivity contribution in [3.8, 4) is 0 Å². The van der Waals surface area contributed by atoms with Crippen LogP contribution in [0.4, 0.5) is 0 Å². The third kappa shape index (κ3) is 2.76. The van der Waals surface area contributed by atoms with Gasteiger partial charge in [-0.1, -0.05) is 41.9 Å². The molecule has 3 aromatic rings. The molecule has 22 heavy (non-hydrogen) atoms. The molecule has 0 unspecified atom stereocenters. The van der Waals surface area contributed by atoms with Crippen LogP contribution in [0, 0.1) is 0 Å². The van der Waals surface area contributed by atoms with Crippen molar-refractivity contribution in [1.82, 2.24) is 9.88 Å². The molecule has 1 aromatic carbocycles. The predicted molar refractivity (Wildman–Crippen MR) is 92.8 cm³/mol. The Hall–Kier alpha value is -1.78. The molecule has 1 amide bonds. The minimum Gasteiger partial charge on any atom is -0.344 e. The average molecular weight is 333 g/mol. The quantitative estimate of drug-likeness (QED) is 0.726. The van der Waals surface area contributed by atoms with Crippen LogP contribution in [0.15, 0.2) is 42.5 Å². The maximum absolute atomic E-state index is 12.6. The summed E-state index contributed by atoms with van der Waals surface area (Å²) in [4.78, 5) is 12.6. The van der Waals surface area contributed by atoms with Gasteiger partial charge in [0.05, 0.1) is 20.6 Å². The lowest BCUT2D eigenvalue weighted by Gasteiger charge is -2.15. The summed E-state index contributed by atoms with van der Waals surface area (Å²) in [6, 6.07) is 13.8. The van der Waals surface area contributed by atoms with Crippen molar-refractivity contribution in [2.24, 2.45) is 0 Å². The second-order valence-electron chi connectivity index (χ2n) is 5.18. The number of carbonyl (C=O) groups excluding carboxylic acids is 1. The summed E-state index contributed by atoms with van der Waals surface area (Å²) >= 11 is 7.55. The van der Waals surface area contributed by atoms with Gasteiger partial charge in [0.2, 0.25) is 0 Å². The highest BCUT2D eigenvalue weighted by molar-refractivity contribution is 7.22. The number of rotatable bonds is 4. The van der Waals surface area contributed by atoms with E-state index in [1.807, 2.05) is 60.9 Å². The first-order valence-electron chi connectivity index (χ1n) is 7.24. The molecule has 0 aliphatic rings. The van der Waals surface area contributed by atoms with Crippen LogP contribution in [0.2, 0.25) is 4.34 Å². The van der Waals surface area contributed by atoms with Crippen molar-refractivity contribution in [3.05, 3.63) is 58.1 Å². The summed E-state index contributed by atoms with van der Waals surface area (Å²) in [5, 5.41) is 3.06. The Morgan fingerprint density at radius 1 is 1.32 bits per heavy atom.